The van der Waals surface area contributed by atoms with Gasteiger partial charge in [-0.05, 0) is 62.9 Å². The summed E-state index contributed by atoms with van der Waals surface area (Å²) in [6.07, 6.45) is 6.34. The number of hydrogen-bond donors (Lipinski definition) is 2. The average Bonchev–Trinajstić information content (AvgIpc) is 3.39. The number of benzene rings is 1. The molecule has 35 heavy (non-hydrogen) atoms. The van der Waals surface area contributed by atoms with Crippen molar-refractivity contribution in [3.63, 3.8) is 0 Å². The Morgan fingerprint density at radius 1 is 1.03 bits per heavy atom. The van der Waals surface area contributed by atoms with Crippen LogP contribution in [-0.4, -0.2) is 53.3 Å². The second-order valence-corrected chi connectivity index (χ2v) is 8.86. The van der Waals surface area contributed by atoms with Crippen LogP contribution in [0.2, 0.25) is 0 Å². The third-order valence-corrected chi connectivity index (χ3v) is 6.14. The molecule has 9 nitrogen and oxygen atoms in total. The molecule has 1 aliphatic carbocycles. The standard InChI is InChI=1S/C26H30N6O3/c1-18-16-23(31-26(28-18)32-12-14-34-15-13-32)29-20-7-9-21(10-8-20)30-25(33)19-6-11-24(27-17-19)35-22-4-2-3-5-22/h6-11,16-17,22H,2-5,12-15H2,1H3,(H,30,33)(H,28,29,31). The molecule has 9 heteroatoms. The maximum absolute atomic E-state index is 12.6. The predicted octanol–water partition coefficient (Wildman–Crippen LogP) is 4.33. The second-order valence-electron chi connectivity index (χ2n) is 8.86. The minimum atomic E-state index is -0.216. The normalized spacial score (nSPS) is 16.2. The van der Waals surface area contributed by atoms with Crippen LogP contribution in [0, 0.1) is 6.92 Å². The molecule has 1 saturated carbocycles. The van der Waals surface area contributed by atoms with E-state index in [1.54, 1.807) is 18.3 Å². The number of rotatable bonds is 7. The summed E-state index contributed by atoms with van der Waals surface area (Å²) < 4.78 is 11.3. The second kappa shape index (κ2) is 10.7. The van der Waals surface area contributed by atoms with Crippen LogP contribution in [0.15, 0.2) is 48.7 Å². The van der Waals surface area contributed by atoms with Gasteiger partial charge in [0.1, 0.15) is 11.9 Å². The van der Waals surface area contributed by atoms with E-state index < -0.39 is 0 Å². The highest BCUT2D eigenvalue weighted by Crippen LogP contribution is 2.24. The Morgan fingerprint density at radius 3 is 2.49 bits per heavy atom. The van der Waals surface area contributed by atoms with Gasteiger partial charge in [0.2, 0.25) is 11.8 Å². The number of nitrogens with zero attached hydrogens (tertiary/aromatic N) is 4. The quantitative estimate of drug-likeness (QED) is 0.522. The van der Waals surface area contributed by atoms with Gasteiger partial charge in [0.05, 0.1) is 18.8 Å². The van der Waals surface area contributed by atoms with E-state index >= 15 is 0 Å². The summed E-state index contributed by atoms with van der Waals surface area (Å²) in [4.78, 5) is 28.3. The Morgan fingerprint density at radius 2 is 1.77 bits per heavy atom. The number of morpholine rings is 1. The van der Waals surface area contributed by atoms with Crippen molar-refractivity contribution in [1.29, 1.82) is 0 Å². The van der Waals surface area contributed by atoms with Gasteiger partial charge < -0.3 is 25.0 Å². The molecule has 0 spiro atoms. The molecule has 0 radical (unpaired) electrons. The monoisotopic (exact) mass is 474 g/mol. The first-order valence-corrected chi connectivity index (χ1v) is 12.1. The van der Waals surface area contributed by atoms with Gasteiger partial charge in [-0.15, -0.1) is 0 Å². The molecule has 2 N–H and O–H groups in total. The van der Waals surface area contributed by atoms with E-state index in [1.807, 2.05) is 37.3 Å². The maximum atomic E-state index is 12.6. The van der Waals surface area contributed by atoms with E-state index in [9.17, 15) is 4.79 Å². The summed E-state index contributed by atoms with van der Waals surface area (Å²) in [5.41, 5.74) is 2.93. The largest absolute Gasteiger partial charge is 0.474 e. The molecule has 1 aliphatic heterocycles. The van der Waals surface area contributed by atoms with Crippen LogP contribution >= 0.6 is 0 Å². The molecule has 1 saturated heterocycles. The zero-order valence-corrected chi connectivity index (χ0v) is 19.9. The summed E-state index contributed by atoms with van der Waals surface area (Å²) in [6, 6.07) is 12.9. The van der Waals surface area contributed by atoms with Gasteiger partial charge >= 0.3 is 0 Å². The van der Waals surface area contributed by atoms with Crippen molar-refractivity contribution in [2.24, 2.45) is 0 Å². The molecule has 2 fully saturated rings. The van der Waals surface area contributed by atoms with Crippen LogP contribution in [-0.2, 0) is 4.74 Å². The molecule has 182 valence electrons. The van der Waals surface area contributed by atoms with Crippen LogP contribution in [0.3, 0.4) is 0 Å². The van der Waals surface area contributed by atoms with Gasteiger partial charge in [0.15, 0.2) is 0 Å². The van der Waals surface area contributed by atoms with Crippen molar-refractivity contribution < 1.29 is 14.3 Å². The van der Waals surface area contributed by atoms with Crippen molar-refractivity contribution in [2.45, 2.75) is 38.7 Å². The van der Waals surface area contributed by atoms with E-state index in [2.05, 4.69) is 30.5 Å². The summed E-state index contributed by atoms with van der Waals surface area (Å²) in [5.74, 6) is 1.78. The fraction of sp³-hybridized carbons (Fsp3) is 0.385. The van der Waals surface area contributed by atoms with Crippen LogP contribution < -0.4 is 20.3 Å². The number of ether oxygens (including phenoxy) is 2. The number of amides is 1. The Labute approximate surface area is 204 Å². The van der Waals surface area contributed by atoms with E-state index in [0.717, 1.165) is 43.1 Å². The summed E-state index contributed by atoms with van der Waals surface area (Å²) in [5, 5.41) is 6.24. The SMILES string of the molecule is Cc1cc(Nc2ccc(NC(=O)c3ccc(OC4CCCC4)nc3)cc2)nc(N2CCOCC2)n1. The number of aryl methyl sites for hydroxylation is 1. The molecule has 1 amide bonds. The molecule has 0 atom stereocenters. The molecule has 2 aromatic heterocycles. The van der Waals surface area contributed by atoms with Gasteiger partial charge in [-0.25, -0.2) is 9.97 Å². The lowest BCUT2D eigenvalue weighted by Crippen LogP contribution is -2.37. The minimum absolute atomic E-state index is 0.216. The zero-order chi connectivity index (χ0) is 24.0. The fourth-order valence-corrected chi connectivity index (χ4v) is 4.27. The van der Waals surface area contributed by atoms with E-state index in [4.69, 9.17) is 9.47 Å². The highest BCUT2D eigenvalue weighted by atomic mass is 16.5. The van der Waals surface area contributed by atoms with Crippen molar-refractivity contribution >= 4 is 29.0 Å². The Kier molecular flexibility index (Phi) is 7.04. The number of aromatic nitrogens is 3. The van der Waals surface area contributed by atoms with Gasteiger partial charge in [0.25, 0.3) is 5.91 Å². The van der Waals surface area contributed by atoms with Crippen LogP contribution in [0.5, 0.6) is 5.88 Å². The van der Waals surface area contributed by atoms with Gasteiger partial charge in [0, 0.05) is 48.5 Å². The van der Waals surface area contributed by atoms with Gasteiger partial charge in [-0.3, -0.25) is 4.79 Å². The predicted molar refractivity (Wildman–Crippen MR) is 135 cm³/mol. The number of pyridine rings is 1. The summed E-state index contributed by atoms with van der Waals surface area (Å²) in [7, 11) is 0. The number of carbonyl (C=O) groups excluding carboxylic acids is 1. The molecular formula is C26H30N6O3. The molecule has 1 aromatic carbocycles. The van der Waals surface area contributed by atoms with E-state index in [-0.39, 0.29) is 12.0 Å². The Hall–Kier alpha value is -3.72. The molecular weight excluding hydrogens is 444 g/mol. The molecule has 2 aliphatic rings. The van der Waals surface area contributed by atoms with Gasteiger partial charge in [-0.1, -0.05) is 0 Å². The minimum Gasteiger partial charge on any atom is -0.474 e. The highest BCUT2D eigenvalue weighted by molar-refractivity contribution is 6.04. The Balaban J connectivity index is 1.18. The molecule has 0 unspecified atom stereocenters. The summed E-state index contributed by atoms with van der Waals surface area (Å²) in [6.45, 7) is 4.88. The van der Waals surface area contributed by atoms with Crippen LogP contribution in [0.25, 0.3) is 0 Å². The third-order valence-electron chi connectivity index (χ3n) is 6.14. The lowest BCUT2D eigenvalue weighted by atomic mass is 10.2. The lowest BCUT2D eigenvalue weighted by molar-refractivity contribution is 0.102. The number of nitrogens with one attached hydrogen (secondary N) is 2. The lowest BCUT2D eigenvalue weighted by Gasteiger charge is -2.27. The molecule has 5 rings (SSSR count). The van der Waals surface area contributed by atoms with Gasteiger partial charge in [-0.2, -0.15) is 4.98 Å². The number of hydrogen-bond acceptors (Lipinski definition) is 8. The maximum Gasteiger partial charge on any atom is 0.257 e. The fourth-order valence-electron chi connectivity index (χ4n) is 4.27. The van der Waals surface area contributed by atoms with E-state index in [0.29, 0.717) is 36.3 Å². The average molecular weight is 475 g/mol. The number of anilines is 4. The first-order chi connectivity index (χ1) is 17.1. The number of carbonyl (C=O) groups is 1. The van der Waals surface area contributed by atoms with Crippen LogP contribution in [0.1, 0.15) is 41.7 Å². The van der Waals surface area contributed by atoms with E-state index in [1.165, 1.54) is 12.8 Å². The van der Waals surface area contributed by atoms with Crippen molar-refractivity contribution in [3.8, 4) is 5.88 Å². The first kappa shape index (κ1) is 23.0. The Bertz CT molecular complexity index is 1140. The van der Waals surface area contributed by atoms with Crippen LogP contribution in [0.4, 0.5) is 23.1 Å². The molecule has 0 bridgehead atoms. The third kappa shape index (κ3) is 6.05. The molecule has 3 aromatic rings. The zero-order valence-electron chi connectivity index (χ0n) is 19.9. The summed E-state index contributed by atoms with van der Waals surface area (Å²) >= 11 is 0. The van der Waals surface area contributed by atoms with Crippen molar-refractivity contribution in [1.82, 2.24) is 15.0 Å². The topological polar surface area (TPSA) is 102 Å². The van der Waals surface area contributed by atoms with Crippen molar-refractivity contribution in [2.75, 3.05) is 41.8 Å². The first-order valence-electron chi connectivity index (χ1n) is 12.1. The molecule has 3 heterocycles. The van der Waals surface area contributed by atoms with Crippen molar-refractivity contribution in [3.05, 3.63) is 59.9 Å². The highest BCUT2D eigenvalue weighted by Gasteiger charge is 2.18. The smallest absolute Gasteiger partial charge is 0.257 e.